The summed E-state index contributed by atoms with van der Waals surface area (Å²) in [5.74, 6) is 2.20. The zero-order valence-electron chi connectivity index (χ0n) is 17.3. The van der Waals surface area contributed by atoms with Crippen LogP contribution in [0.25, 0.3) is 21.3 Å². The second-order valence-electron chi connectivity index (χ2n) is 8.22. The smallest absolute Gasteiger partial charge is 0.224 e. The summed E-state index contributed by atoms with van der Waals surface area (Å²) in [4.78, 5) is 25.9. The van der Waals surface area contributed by atoms with Gasteiger partial charge in [-0.3, -0.25) is 4.79 Å². The molecule has 3 heterocycles. The fourth-order valence-corrected chi connectivity index (χ4v) is 5.46. The molecule has 4 rings (SSSR count). The Labute approximate surface area is 176 Å². The highest BCUT2D eigenvalue weighted by Gasteiger charge is 2.25. The molecule has 0 saturated carbocycles. The van der Waals surface area contributed by atoms with Crippen LogP contribution in [0.5, 0.6) is 0 Å². The molecule has 0 aliphatic carbocycles. The van der Waals surface area contributed by atoms with Crippen LogP contribution in [-0.2, 0) is 4.79 Å². The highest BCUT2D eigenvalue weighted by molar-refractivity contribution is 7.19. The summed E-state index contributed by atoms with van der Waals surface area (Å²) in [6, 6.07) is 10.4. The normalized spacial score (nSPS) is 19.5. The standard InChI is InChI=1S/C23H28N4OS/c1-15-11-16(2)13-27(12-15)19(28)9-10-24-22-21-20(18-7-5-4-6-8-18)17(3)29-23(21)26-14-25-22/h4-8,14-16H,9-13H2,1-3H3,(H,24,25,26). The van der Waals surface area contributed by atoms with Crippen LogP contribution in [0.1, 0.15) is 31.6 Å². The van der Waals surface area contributed by atoms with E-state index in [1.807, 2.05) is 11.0 Å². The van der Waals surface area contributed by atoms with Gasteiger partial charge in [-0.25, -0.2) is 9.97 Å². The van der Waals surface area contributed by atoms with Crippen molar-refractivity contribution < 1.29 is 4.79 Å². The summed E-state index contributed by atoms with van der Waals surface area (Å²) in [5.41, 5.74) is 2.35. The monoisotopic (exact) mass is 408 g/mol. The summed E-state index contributed by atoms with van der Waals surface area (Å²) in [7, 11) is 0. The molecule has 1 aromatic carbocycles. The fourth-order valence-electron chi connectivity index (χ4n) is 4.44. The van der Waals surface area contributed by atoms with Crippen molar-refractivity contribution in [1.82, 2.24) is 14.9 Å². The molecule has 0 radical (unpaired) electrons. The van der Waals surface area contributed by atoms with Gasteiger partial charge >= 0.3 is 0 Å². The molecule has 152 valence electrons. The summed E-state index contributed by atoms with van der Waals surface area (Å²) in [6.07, 6.45) is 3.29. The van der Waals surface area contributed by atoms with E-state index in [1.54, 1.807) is 17.7 Å². The van der Waals surface area contributed by atoms with Gasteiger partial charge in [-0.2, -0.15) is 0 Å². The number of carbonyl (C=O) groups excluding carboxylic acids is 1. The van der Waals surface area contributed by atoms with Crippen molar-refractivity contribution in [1.29, 1.82) is 0 Å². The number of nitrogens with zero attached hydrogens (tertiary/aromatic N) is 3. The maximum Gasteiger partial charge on any atom is 0.224 e. The molecular formula is C23H28N4OS. The van der Waals surface area contributed by atoms with E-state index in [0.717, 1.165) is 29.1 Å². The summed E-state index contributed by atoms with van der Waals surface area (Å²) >= 11 is 1.68. The first-order chi connectivity index (χ1) is 14.0. The van der Waals surface area contributed by atoms with Gasteiger partial charge < -0.3 is 10.2 Å². The third kappa shape index (κ3) is 4.27. The van der Waals surface area contributed by atoms with Crippen molar-refractivity contribution in [2.75, 3.05) is 25.0 Å². The van der Waals surface area contributed by atoms with Crippen molar-refractivity contribution in [3.8, 4) is 11.1 Å². The number of hydrogen-bond donors (Lipinski definition) is 1. The van der Waals surface area contributed by atoms with E-state index >= 15 is 0 Å². The van der Waals surface area contributed by atoms with E-state index in [4.69, 9.17) is 0 Å². The van der Waals surface area contributed by atoms with Gasteiger partial charge in [0.2, 0.25) is 5.91 Å². The van der Waals surface area contributed by atoms with Crippen molar-refractivity contribution >= 4 is 33.3 Å². The Morgan fingerprint density at radius 1 is 1.17 bits per heavy atom. The van der Waals surface area contributed by atoms with E-state index in [1.165, 1.54) is 22.4 Å². The molecule has 1 N–H and O–H groups in total. The first-order valence-corrected chi connectivity index (χ1v) is 11.2. The minimum Gasteiger partial charge on any atom is -0.369 e. The van der Waals surface area contributed by atoms with E-state index in [0.29, 0.717) is 24.8 Å². The lowest BCUT2D eigenvalue weighted by Crippen LogP contribution is -2.43. The number of amides is 1. The number of benzene rings is 1. The number of hydrogen-bond acceptors (Lipinski definition) is 5. The number of aryl methyl sites for hydroxylation is 1. The van der Waals surface area contributed by atoms with E-state index in [9.17, 15) is 4.79 Å². The number of fused-ring (bicyclic) bond motifs is 1. The number of thiophene rings is 1. The van der Waals surface area contributed by atoms with Crippen LogP contribution in [-0.4, -0.2) is 40.4 Å². The number of nitrogens with one attached hydrogen (secondary N) is 1. The van der Waals surface area contributed by atoms with E-state index in [2.05, 4.69) is 60.3 Å². The van der Waals surface area contributed by atoms with Gasteiger partial charge in [0.15, 0.2) is 0 Å². The number of aromatic nitrogens is 2. The van der Waals surface area contributed by atoms with Crippen LogP contribution in [0.4, 0.5) is 5.82 Å². The molecule has 2 atom stereocenters. The molecule has 3 aromatic rings. The molecule has 1 amide bonds. The van der Waals surface area contributed by atoms with Crippen LogP contribution < -0.4 is 5.32 Å². The van der Waals surface area contributed by atoms with Gasteiger partial charge in [-0.1, -0.05) is 44.2 Å². The van der Waals surface area contributed by atoms with Gasteiger partial charge in [0.25, 0.3) is 0 Å². The number of carbonyl (C=O) groups is 1. The average molecular weight is 409 g/mol. The first kappa shape index (κ1) is 19.8. The van der Waals surface area contributed by atoms with Crippen LogP contribution in [0, 0.1) is 18.8 Å². The third-order valence-electron chi connectivity index (χ3n) is 5.58. The Bertz CT molecular complexity index is 991. The predicted octanol–water partition coefficient (Wildman–Crippen LogP) is 4.97. The predicted molar refractivity (Wildman–Crippen MR) is 120 cm³/mol. The fraction of sp³-hybridized carbons (Fsp3) is 0.435. The average Bonchev–Trinajstić information content (AvgIpc) is 3.04. The Balaban J connectivity index is 1.51. The quantitative estimate of drug-likeness (QED) is 0.647. The van der Waals surface area contributed by atoms with Gasteiger partial charge in [-0.05, 0) is 30.7 Å². The SMILES string of the molecule is Cc1sc2ncnc(NCCC(=O)N3CC(C)CC(C)C3)c2c1-c1ccccc1. The zero-order chi connectivity index (χ0) is 20.4. The molecule has 5 nitrogen and oxygen atoms in total. The summed E-state index contributed by atoms with van der Waals surface area (Å²) in [5, 5.41) is 4.46. The Morgan fingerprint density at radius 3 is 2.62 bits per heavy atom. The molecule has 0 bridgehead atoms. The highest BCUT2D eigenvalue weighted by Crippen LogP contribution is 2.40. The van der Waals surface area contributed by atoms with Gasteiger partial charge in [-0.15, -0.1) is 11.3 Å². The minimum atomic E-state index is 0.228. The molecular weight excluding hydrogens is 380 g/mol. The largest absolute Gasteiger partial charge is 0.369 e. The van der Waals surface area contributed by atoms with Crippen LogP contribution in [0.2, 0.25) is 0 Å². The number of rotatable bonds is 5. The van der Waals surface area contributed by atoms with Crippen LogP contribution in [0.15, 0.2) is 36.7 Å². The lowest BCUT2D eigenvalue weighted by molar-refractivity contribution is -0.133. The molecule has 1 fully saturated rings. The second kappa shape index (κ2) is 8.49. The number of anilines is 1. The molecule has 1 aliphatic rings. The molecule has 1 saturated heterocycles. The summed E-state index contributed by atoms with van der Waals surface area (Å²) < 4.78 is 0. The molecule has 2 unspecified atom stereocenters. The van der Waals surface area contributed by atoms with Crippen molar-refractivity contribution in [3.63, 3.8) is 0 Å². The molecule has 29 heavy (non-hydrogen) atoms. The zero-order valence-corrected chi connectivity index (χ0v) is 18.1. The molecule has 2 aromatic heterocycles. The Kier molecular flexibility index (Phi) is 5.81. The maximum absolute atomic E-state index is 12.7. The first-order valence-electron chi connectivity index (χ1n) is 10.3. The van der Waals surface area contributed by atoms with Crippen LogP contribution in [0.3, 0.4) is 0 Å². The van der Waals surface area contributed by atoms with Gasteiger partial charge in [0.1, 0.15) is 17.0 Å². The van der Waals surface area contributed by atoms with Crippen molar-refractivity contribution in [2.45, 2.75) is 33.6 Å². The van der Waals surface area contributed by atoms with E-state index < -0.39 is 0 Å². The molecule has 0 spiro atoms. The lowest BCUT2D eigenvalue weighted by atomic mass is 9.92. The van der Waals surface area contributed by atoms with Gasteiger partial charge in [0.05, 0.1) is 5.39 Å². The van der Waals surface area contributed by atoms with Gasteiger partial charge in [0, 0.05) is 36.5 Å². The lowest BCUT2D eigenvalue weighted by Gasteiger charge is -2.35. The minimum absolute atomic E-state index is 0.228. The number of likely N-dealkylation sites (tertiary alicyclic amines) is 1. The number of piperidine rings is 1. The van der Waals surface area contributed by atoms with E-state index in [-0.39, 0.29) is 5.91 Å². The topological polar surface area (TPSA) is 58.1 Å². The second-order valence-corrected chi connectivity index (χ2v) is 9.43. The third-order valence-corrected chi connectivity index (χ3v) is 6.59. The maximum atomic E-state index is 12.7. The Hall–Kier alpha value is -2.47. The Morgan fingerprint density at radius 2 is 1.90 bits per heavy atom. The summed E-state index contributed by atoms with van der Waals surface area (Å²) in [6.45, 7) is 8.92. The highest BCUT2D eigenvalue weighted by atomic mass is 32.1. The molecule has 6 heteroatoms. The van der Waals surface area contributed by atoms with Crippen LogP contribution >= 0.6 is 11.3 Å². The van der Waals surface area contributed by atoms with Crippen molar-refractivity contribution in [2.24, 2.45) is 11.8 Å². The molecule has 1 aliphatic heterocycles. The van der Waals surface area contributed by atoms with Crippen molar-refractivity contribution in [3.05, 3.63) is 41.5 Å².